The number of aryl methyl sites for hydroxylation is 2. The van der Waals surface area contributed by atoms with Crippen LogP contribution in [0.1, 0.15) is 65.5 Å². The Labute approximate surface area is 338 Å². The van der Waals surface area contributed by atoms with Gasteiger partial charge in [-0.25, -0.2) is 0 Å². The second kappa shape index (κ2) is 20.9. The van der Waals surface area contributed by atoms with Gasteiger partial charge in [0.25, 0.3) is 0 Å². The first-order valence-corrected chi connectivity index (χ1v) is 21.1. The molecule has 0 aliphatic carbocycles. The molecule has 0 saturated carbocycles. The van der Waals surface area contributed by atoms with E-state index in [4.69, 9.17) is 0 Å². The first-order valence-electron chi connectivity index (χ1n) is 19.3. The van der Waals surface area contributed by atoms with Crippen LogP contribution >= 0.6 is 23.5 Å². The van der Waals surface area contributed by atoms with Crippen molar-refractivity contribution in [2.75, 3.05) is 26.2 Å². The Morgan fingerprint density at radius 1 is 0.589 bits per heavy atom. The zero-order valence-corrected chi connectivity index (χ0v) is 34.8. The fourth-order valence-electron chi connectivity index (χ4n) is 6.70. The highest BCUT2D eigenvalue weighted by Crippen LogP contribution is 2.40. The van der Waals surface area contributed by atoms with Gasteiger partial charge in [-0.2, -0.15) is 0 Å². The zero-order chi connectivity index (χ0) is 40.9. The molecule has 2 saturated heterocycles. The second-order valence-corrected chi connectivity index (χ2v) is 18.5. The number of amides is 6. The zero-order valence-electron chi connectivity index (χ0n) is 33.2. The van der Waals surface area contributed by atoms with E-state index in [9.17, 15) is 28.8 Å². The molecule has 6 amide bonds. The third-order valence-corrected chi connectivity index (χ3v) is 12.6. The molecule has 306 valence electrons. The number of likely N-dealkylation sites (N-methyl/N-ethyl adjacent to an activating group) is 2. The number of carbonyl (C=O) groups excluding carboxylic acids is 6. The molecule has 2 fully saturated rings. The van der Waals surface area contributed by atoms with Crippen molar-refractivity contribution in [2.24, 2.45) is 0 Å². The molecule has 8 N–H and O–H groups in total. The maximum atomic E-state index is 13.5. The van der Waals surface area contributed by atoms with Crippen molar-refractivity contribution in [3.63, 3.8) is 0 Å². The van der Waals surface area contributed by atoms with Crippen molar-refractivity contribution in [3.8, 4) is 0 Å². The van der Waals surface area contributed by atoms with Gasteiger partial charge in [0.2, 0.25) is 35.4 Å². The summed E-state index contributed by atoms with van der Waals surface area (Å²) in [7, 11) is 0. The maximum absolute atomic E-state index is 13.5. The molecular weight excluding hydrogens is 753 g/mol. The van der Waals surface area contributed by atoms with Crippen LogP contribution in [-0.4, -0.2) is 106 Å². The van der Waals surface area contributed by atoms with E-state index in [0.717, 1.165) is 11.1 Å². The predicted octanol–water partition coefficient (Wildman–Crippen LogP) is 1.35. The van der Waals surface area contributed by atoms with E-state index in [-0.39, 0.29) is 61.4 Å². The van der Waals surface area contributed by atoms with Gasteiger partial charge in [0.15, 0.2) is 0 Å². The molecule has 14 nitrogen and oxygen atoms in total. The van der Waals surface area contributed by atoms with E-state index in [0.29, 0.717) is 25.9 Å². The van der Waals surface area contributed by atoms with Gasteiger partial charge < -0.3 is 31.9 Å². The van der Waals surface area contributed by atoms with Gasteiger partial charge in [-0.05, 0) is 65.5 Å². The summed E-state index contributed by atoms with van der Waals surface area (Å²) < 4.78 is -1.25. The Morgan fingerprint density at radius 3 is 1.29 bits per heavy atom. The number of benzene rings is 2. The smallest absolute Gasteiger partial charge is 0.245 e. The Hall–Kier alpha value is -4.12. The third kappa shape index (κ3) is 12.7. The molecular formula is C40H58N8O6S2. The first-order chi connectivity index (χ1) is 26.6. The van der Waals surface area contributed by atoms with Gasteiger partial charge >= 0.3 is 0 Å². The largest absolute Gasteiger partial charge is 0.355 e. The van der Waals surface area contributed by atoms with Gasteiger partial charge in [-0.1, -0.05) is 60.7 Å². The third-order valence-electron chi connectivity index (χ3n) is 9.63. The van der Waals surface area contributed by atoms with Gasteiger partial charge in [0.05, 0.1) is 10.7 Å². The number of carbonyl (C=O) groups is 6. The molecule has 4 rings (SSSR count). The Balaban J connectivity index is 1.28. The number of thioether (sulfide) groups is 2. The van der Waals surface area contributed by atoms with Crippen molar-refractivity contribution in [2.45, 2.75) is 112 Å². The average Bonchev–Trinajstić information content (AvgIpc) is 3.67. The van der Waals surface area contributed by atoms with Gasteiger partial charge in [0, 0.05) is 48.5 Å². The minimum Gasteiger partial charge on any atom is -0.355 e. The molecule has 2 heterocycles. The van der Waals surface area contributed by atoms with Crippen LogP contribution in [-0.2, 0) is 41.6 Å². The van der Waals surface area contributed by atoms with Crippen molar-refractivity contribution in [1.29, 1.82) is 0 Å². The van der Waals surface area contributed by atoms with Crippen LogP contribution in [0.4, 0.5) is 0 Å². The molecule has 2 aliphatic heterocycles. The highest BCUT2D eigenvalue weighted by molar-refractivity contribution is 8.01. The topological polar surface area (TPSA) is 199 Å². The number of nitrogens with one attached hydrogen (secondary N) is 8. The van der Waals surface area contributed by atoms with E-state index >= 15 is 0 Å². The van der Waals surface area contributed by atoms with Crippen molar-refractivity contribution in [3.05, 3.63) is 71.8 Å². The molecule has 6 atom stereocenters. The molecule has 0 radical (unpaired) electrons. The number of hydrogen-bond acceptors (Lipinski definition) is 10. The molecule has 0 unspecified atom stereocenters. The first kappa shape index (κ1) is 44.6. The quantitative estimate of drug-likeness (QED) is 0.0960. The van der Waals surface area contributed by atoms with Crippen LogP contribution in [0.15, 0.2) is 60.7 Å². The number of hydrogen-bond donors (Lipinski definition) is 8. The Bertz CT molecular complexity index is 1540. The normalized spacial score (nSPS) is 21.9. The summed E-state index contributed by atoms with van der Waals surface area (Å²) in [5.74, 6) is -1.79. The lowest BCUT2D eigenvalue weighted by molar-refractivity contribution is -0.129. The van der Waals surface area contributed by atoms with Crippen LogP contribution < -0.4 is 42.5 Å². The van der Waals surface area contributed by atoms with E-state index in [1.165, 1.54) is 23.5 Å². The molecule has 16 heteroatoms. The highest BCUT2D eigenvalue weighted by atomic mass is 32.2. The molecule has 0 spiro atoms. The maximum Gasteiger partial charge on any atom is 0.245 e. The lowest BCUT2D eigenvalue weighted by Gasteiger charge is -2.25. The van der Waals surface area contributed by atoms with Crippen LogP contribution in [0.2, 0.25) is 0 Å². The van der Waals surface area contributed by atoms with Crippen molar-refractivity contribution >= 4 is 59.0 Å². The fraction of sp³-hybridized carbons (Fsp3) is 0.550. The minimum atomic E-state index is -0.904. The standard InChI is InChI=1S/C40H58N8O6S2/c1-7-41-33(51)29(45-27(49)21-19-25-15-11-9-12-16-25)37-47-31(39(3,4)55-37)35(53)43-23-24-44-36(54)32-40(5,6)56-38(48-32)30(34(52)42-8-2)46-28(50)22-20-26-17-13-10-14-18-26/h9-18,29-32,37-38,47-48H,7-8,19-24H2,1-6H3,(H,41,51)(H,42,52)(H,43,53)(H,44,54)(H,45,49)(H,46,50)/t29-,30-,31+,32+,37-,38-/m1/s1. The summed E-state index contributed by atoms with van der Waals surface area (Å²) in [4.78, 5) is 79.2. The Morgan fingerprint density at radius 2 is 0.946 bits per heavy atom. The molecule has 0 aromatic heterocycles. The summed E-state index contributed by atoms with van der Waals surface area (Å²) in [6.45, 7) is 12.3. The molecule has 2 aromatic rings. The SMILES string of the molecule is CCNC(=O)[C@@H](NC(=O)CCc1ccccc1)[C@@H]1N[C@@H](C(=O)NCCNC(=O)[C@@H]2N[C@@H]([C@H](NC(=O)CCc3ccccc3)C(=O)NCC)SC2(C)C)C(C)(C)S1. The lowest BCUT2D eigenvalue weighted by atomic mass is 10.0. The number of rotatable bonds is 19. The Kier molecular flexibility index (Phi) is 16.6. The van der Waals surface area contributed by atoms with E-state index in [1.54, 1.807) is 13.8 Å². The van der Waals surface area contributed by atoms with Crippen LogP contribution in [0, 0.1) is 0 Å². The van der Waals surface area contributed by atoms with E-state index in [1.807, 2.05) is 88.4 Å². The molecule has 2 aromatic carbocycles. The van der Waals surface area contributed by atoms with Crippen molar-refractivity contribution in [1.82, 2.24) is 42.5 Å². The monoisotopic (exact) mass is 810 g/mol. The van der Waals surface area contributed by atoms with Gasteiger partial charge in [0.1, 0.15) is 24.2 Å². The summed E-state index contributed by atoms with van der Waals surface area (Å²) in [6.07, 6.45) is 1.49. The van der Waals surface area contributed by atoms with E-state index < -0.39 is 44.4 Å². The fourth-order valence-corrected chi connectivity index (χ4v) is 9.69. The highest BCUT2D eigenvalue weighted by Gasteiger charge is 2.50. The molecule has 56 heavy (non-hydrogen) atoms. The van der Waals surface area contributed by atoms with Crippen LogP contribution in [0.5, 0.6) is 0 Å². The summed E-state index contributed by atoms with van der Waals surface area (Å²) in [5, 5.41) is 22.6. The average molecular weight is 811 g/mol. The summed E-state index contributed by atoms with van der Waals surface area (Å²) in [6, 6.07) is 16.1. The van der Waals surface area contributed by atoms with E-state index in [2.05, 4.69) is 42.5 Å². The second-order valence-electron chi connectivity index (χ2n) is 14.9. The summed E-state index contributed by atoms with van der Waals surface area (Å²) in [5.41, 5.74) is 2.04. The minimum absolute atomic E-state index is 0.146. The molecule has 0 bridgehead atoms. The van der Waals surface area contributed by atoms with Crippen LogP contribution in [0.3, 0.4) is 0 Å². The van der Waals surface area contributed by atoms with Crippen LogP contribution in [0.25, 0.3) is 0 Å². The van der Waals surface area contributed by atoms with Crippen molar-refractivity contribution < 1.29 is 28.8 Å². The summed E-state index contributed by atoms with van der Waals surface area (Å²) >= 11 is 2.83. The van der Waals surface area contributed by atoms with Gasteiger partial charge in [-0.3, -0.25) is 39.4 Å². The molecule has 2 aliphatic rings. The van der Waals surface area contributed by atoms with Gasteiger partial charge in [-0.15, -0.1) is 23.5 Å². The predicted molar refractivity (Wildman–Crippen MR) is 222 cm³/mol. The lowest BCUT2D eigenvalue weighted by Crippen LogP contribution is -2.58.